The molecule has 0 saturated carbocycles. The van der Waals surface area contributed by atoms with Crippen molar-refractivity contribution in [2.24, 2.45) is 0 Å². The monoisotopic (exact) mass is 409 g/mol. The van der Waals surface area contributed by atoms with E-state index in [2.05, 4.69) is 34.3 Å². The van der Waals surface area contributed by atoms with Gasteiger partial charge in [-0.1, -0.05) is 18.2 Å². The molecule has 1 amide bonds. The fourth-order valence-electron chi connectivity index (χ4n) is 3.81. The van der Waals surface area contributed by atoms with Crippen molar-refractivity contribution < 1.29 is 14.5 Å². The lowest BCUT2D eigenvalue weighted by Crippen LogP contribution is -3.15. The van der Waals surface area contributed by atoms with Crippen LogP contribution in [0.1, 0.15) is 23.7 Å². The molecule has 3 rings (SSSR count). The fraction of sp³-hybridized carbons (Fsp3) is 0.417. The van der Waals surface area contributed by atoms with Crippen molar-refractivity contribution in [2.75, 3.05) is 62.7 Å². The lowest BCUT2D eigenvalue weighted by Gasteiger charge is -2.33. The molecule has 1 fully saturated rings. The van der Waals surface area contributed by atoms with Gasteiger partial charge in [-0.05, 0) is 49.7 Å². The largest absolute Gasteiger partial charge is 0.375 e. The molecule has 0 bridgehead atoms. The van der Waals surface area contributed by atoms with Crippen LogP contribution in [-0.2, 0) is 4.79 Å². The Kier molecular flexibility index (Phi) is 7.85. The average molecular weight is 410 g/mol. The Morgan fingerprint density at radius 3 is 2.33 bits per heavy atom. The van der Waals surface area contributed by atoms with Crippen molar-refractivity contribution in [3.63, 3.8) is 0 Å². The summed E-state index contributed by atoms with van der Waals surface area (Å²) in [4.78, 5) is 29.6. The van der Waals surface area contributed by atoms with Crippen LogP contribution >= 0.6 is 0 Å². The van der Waals surface area contributed by atoms with Gasteiger partial charge in [0.25, 0.3) is 5.91 Å². The minimum absolute atomic E-state index is 0.0912. The number of para-hydroxylation sites is 1. The summed E-state index contributed by atoms with van der Waals surface area (Å²) in [6, 6.07) is 18.1. The molecule has 30 heavy (non-hydrogen) atoms. The first-order chi connectivity index (χ1) is 14.5. The molecule has 1 aliphatic heterocycles. The normalized spacial score (nSPS) is 14.4. The Morgan fingerprint density at radius 2 is 1.70 bits per heavy atom. The zero-order valence-corrected chi connectivity index (χ0v) is 18.1. The van der Waals surface area contributed by atoms with Gasteiger partial charge in [-0.15, -0.1) is 0 Å². The number of piperazine rings is 1. The van der Waals surface area contributed by atoms with Gasteiger partial charge in [0.2, 0.25) is 0 Å². The summed E-state index contributed by atoms with van der Waals surface area (Å²) in [5.74, 6) is 0.222. The predicted molar refractivity (Wildman–Crippen MR) is 122 cm³/mol. The third-order valence-corrected chi connectivity index (χ3v) is 5.71. The van der Waals surface area contributed by atoms with E-state index >= 15 is 0 Å². The van der Waals surface area contributed by atoms with Crippen molar-refractivity contribution in [1.82, 2.24) is 5.32 Å². The molecule has 2 N–H and O–H groups in total. The molecule has 6 nitrogen and oxygen atoms in total. The summed E-state index contributed by atoms with van der Waals surface area (Å²) in [6.07, 6.45) is 0.927. The number of hydrogen-bond acceptors (Lipinski definition) is 4. The van der Waals surface area contributed by atoms with Gasteiger partial charge in [0.15, 0.2) is 12.3 Å². The number of amides is 1. The summed E-state index contributed by atoms with van der Waals surface area (Å²) in [5.41, 5.74) is 3.09. The highest BCUT2D eigenvalue weighted by Crippen LogP contribution is 2.15. The van der Waals surface area contributed by atoms with E-state index in [0.717, 1.165) is 50.4 Å². The van der Waals surface area contributed by atoms with Crippen LogP contribution in [0.3, 0.4) is 0 Å². The fourth-order valence-corrected chi connectivity index (χ4v) is 3.81. The average Bonchev–Trinajstić information content (AvgIpc) is 2.78. The van der Waals surface area contributed by atoms with E-state index in [1.165, 1.54) is 10.6 Å². The number of carbonyl (C=O) groups excluding carboxylic acids is 2. The number of hydrogen-bond donors (Lipinski definition) is 2. The first-order valence-corrected chi connectivity index (χ1v) is 10.8. The number of carbonyl (C=O) groups is 2. The number of ketones is 1. The van der Waals surface area contributed by atoms with Gasteiger partial charge in [0.05, 0.1) is 26.2 Å². The molecule has 6 heteroatoms. The van der Waals surface area contributed by atoms with Crippen molar-refractivity contribution >= 4 is 23.1 Å². The standard InChI is InChI=1S/C24H32N4O2/c1-20(29)21-9-11-23(12-10-21)28-17-15-27(16-18-28)19-24(30)25-13-6-14-26(2)22-7-4-3-5-8-22/h3-5,7-12H,6,13-19H2,1-2H3,(H,25,30)/p+1. The minimum Gasteiger partial charge on any atom is -0.375 e. The van der Waals surface area contributed by atoms with Crippen LogP contribution in [0.25, 0.3) is 0 Å². The molecule has 0 atom stereocenters. The number of nitrogens with one attached hydrogen (secondary N) is 2. The van der Waals surface area contributed by atoms with E-state index in [1.54, 1.807) is 6.92 Å². The third-order valence-electron chi connectivity index (χ3n) is 5.71. The highest BCUT2D eigenvalue weighted by molar-refractivity contribution is 5.94. The van der Waals surface area contributed by atoms with Gasteiger partial charge in [0.1, 0.15) is 0 Å². The molecule has 0 spiro atoms. The maximum atomic E-state index is 12.3. The molecule has 1 heterocycles. The van der Waals surface area contributed by atoms with E-state index in [0.29, 0.717) is 13.1 Å². The summed E-state index contributed by atoms with van der Waals surface area (Å²) < 4.78 is 0. The lowest BCUT2D eigenvalue weighted by molar-refractivity contribution is -0.892. The Morgan fingerprint density at radius 1 is 1.03 bits per heavy atom. The van der Waals surface area contributed by atoms with Crippen LogP contribution in [0.2, 0.25) is 0 Å². The van der Waals surface area contributed by atoms with Gasteiger partial charge >= 0.3 is 0 Å². The number of benzene rings is 2. The van der Waals surface area contributed by atoms with Crippen LogP contribution in [0.4, 0.5) is 11.4 Å². The van der Waals surface area contributed by atoms with E-state index in [9.17, 15) is 9.59 Å². The van der Waals surface area contributed by atoms with Gasteiger partial charge in [-0.2, -0.15) is 0 Å². The molecule has 160 valence electrons. The molecule has 1 aliphatic rings. The smallest absolute Gasteiger partial charge is 0.275 e. The number of anilines is 2. The molecule has 0 aliphatic carbocycles. The highest BCUT2D eigenvalue weighted by Gasteiger charge is 2.22. The summed E-state index contributed by atoms with van der Waals surface area (Å²) in [7, 11) is 2.08. The van der Waals surface area contributed by atoms with Crippen molar-refractivity contribution in [1.29, 1.82) is 0 Å². The molecule has 0 aromatic heterocycles. The van der Waals surface area contributed by atoms with Crippen molar-refractivity contribution in [3.8, 4) is 0 Å². The zero-order valence-electron chi connectivity index (χ0n) is 18.1. The summed E-state index contributed by atoms with van der Waals surface area (Å²) >= 11 is 0. The predicted octanol–water partition coefficient (Wildman–Crippen LogP) is 1.24. The van der Waals surface area contributed by atoms with Crippen molar-refractivity contribution in [3.05, 3.63) is 60.2 Å². The third kappa shape index (κ3) is 6.32. The maximum absolute atomic E-state index is 12.3. The number of nitrogens with zero attached hydrogens (tertiary/aromatic N) is 2. The summed E-state index contributed by atoms with van der Waals surface area (Å²) in [5, 5.41) is 3.06. The van der Waals surface area contributed by atoms with E-state index < -0.39 is 0 Å². The molecule has 2 aromatic rings. The Balaban J connectivity index is 1.32. The first kappa shape index (κ1) is 21.8. The number of Topliss-reactive ketones (excluding diaryl/α,β-unsaturated/α-hetero) is 1. The molecular weight excluding hydrogens is 376 g/mol. The van der Waals surface area contributed by atoms with Gasteiger partial charge in [-0.25, -0.2) is 0 Å². The topological polar surface area (TPSA) is 57.1 Å². The molecule has 0 radical (unpaired) electrons. The Hall–Kier alpha value is -2.86. The van der Waals surface area contributed by atoms with E-state index in [4.69, 9.17) is 0 Å². The van der Waals surface area contributed by atoms with E-state index in [-0.39, 0.29) is 11.7 Å². The molecule has 0 unspecified atom stereocenters. The summed E-state index contributed by atoms with van der Waals surface area (Å²) in [6.45, 7) is 7.47. The number of rotatable bonds is 9. The van der Waals surface area contributed by atoms with Crippen LogP contribution in [0.15, 0.2) is 54.6 Å². The van der Waals surface area contributed by atoms with Gasteiger partial charge in [0, 0.05) is 37.1 Å². The van der Waals surface area contributed by atoms with Gasteiger partial charge < -0.3 is 20.0 Å². The lowest BCUT2D eigenvalue weighted by atomic mass is 10.1. The Bertz CT molecular complexity index is 815. The second kappa shape index (κ2) is 10.8. The SMILES string of the molecule is CC(=O)c1ccc(N2CC[NH+](CC(=O)NCCCN(C)c3ccccc3)CC2)cc1. The van der Waals surface area contributed by atoms with Crippen LogP contribution in [0.5, 0.6) is 0 Å². The zero-order chi connectivity index (χ0) is 21.3. The minimum atomic E-state index is 0.0912. The number of quaternary nitrogens is 1. The maximum Gasteiger partial charge on any atom is 0.275 e. The van der Waals surface area contributed by atoms with E-state index in [1.807, 2.05) is 42.5 Å². The second-order valence-electron chi connectivity index (χ2n) is 7.98. The first-order valence-electron chi connectivity index (χ1n) is 10.8. The molecule has 2 aromatic carbocycles. The molecule has 1 saturated heterocycles. The second-order valence-corrected chi connectivity index (χ2v) is 7.98. The van der Waals surface area contributed by atoms with Crippen LogP contribution < -0.4 is 20.0 Å². The molecular formula is C24H33N4O2+. The van der Waals surface area contributed by atoms with Crippen molar-refractivity contribution in [2.45, 2.75) is 13.3 Å². The van der Waals surface area contributed by atoms with Gasteiger partial charge in [-0.3, -0.25) is 9.59 Å². The van der Waals surface area contributed by atoms with Crippen LogP contribution in [0, 0.1) is 0 Å². The highest BCUT2D eigenvalue weighted by atomic mass is 16.2. The Labute approximate surface area is 179 Å². The quantitative estimate of drug-likeness (QED) is 0.483. The van der Waals surface area contributed by atoms with Crippen LogP contribution in [-0.4, -0.2) is 64.6 Å².